The fourth-order valence-electron chi connectivity index (χ4n) is 4.76. The van der Waals surface area contributed by atoms with Gasteiger partial charge in [-0.1, -0.05) is 13.0 Å². The van der Waals surface area contributed by atoms with Gasteiger partial charge in [0.15, 0.2) is 23.0 Å². The van der Waals surface area contributed by atoms with E-state index in [2.05, 4.69) is 17.9 Å². The van der Waals surface area contributed by atoms with Crippen molar-refractivity contribution in [2.75, 3.05) is 34.4 Å². The van der Waals surface area contributed by atoms with Crippen molar-refractivity contribution in [3.05, 3.63) is 34.9 Å². The van der Waals surface area contributed by atoms with E-state index < -0.39 is 0 Å². The van der Waals surface area contributed by atoms with Gasteiger partial charge < -0.3 is 19.3 Å². The van der Waals surface area contributed by atoms with E-state index in [0.29, 0.717) is 17.5 Å². The first kappa shape index (κ1) is 18.0. The largest absolute Gasteiger partial charge is 0.504 e. The molecule has 27 heavy (non-hydrogen) atoms. The Balaban J connectivity index is 2.06. The van der Waals surface area contributed by atoms with Crippen molar-refractivity contribution in [1.82, 2.24) is 4.90 Å². The van der Waals surface area contributed by atoms with Crippen LogP contribution in [0.2, 0.25) is 0 Å². The maximum absolute atomic E-state index is 10.4. The molecule has 0 bridgehead atoms. The van der Waals surface area contributed by atoms with E-state index in [1.165, 1.54) is 16.7 Å². The topological polar surface area (TPSA) is 51.2 Å². The number of phenolic OH excluding ortho intramolecular Hbond substituents is 1. The third-order valence-electron chi connectivity index (χ3n) is 5.84. The van der Waals surface area contributed by atoms with Crippen molar-refractivity contribution in [1.29, 1.82) is 0 Å². The molecule has 0 saturated heterocycles. The molecule has 2 aromatic rings. The molecule has 0 aromatic heterocycles. The zero-order valence-corrected chi connectivity index (χ0v) is 16.5. The number of rotatable bonds is 5. The Hall–Kier alpha value is -2.40. The minimum atomic E-state index is 0.148. The van der Waals surface area contributed by atoms with Gasteiger partial charge in [-0.05, 0) is 54.6 Å². The Morgan fingerprint density at radius 2 is 1.81 bits per heavy atom. The van der Waals surface area contributed by atoms with Gasteiger partial charge in [0.1, 0.15) is 0 Å². The first-order valence-electron chi connectivity index (χ1n) is 9.55. The first-order valence-corrected chi connectivity index (χ1v) is 9.55. The summed E-state index contributed by atoms with van der Waals surface area (Å²) in [6.07, 6.45) is 3.01. The Labute approximate surface area is 160 Å². The summed E-state index contributed by atoms with van der Waals surface area (Å²) < 4.78 is 17.1. The van der Waals surface area contributed by atoms with Gasteiger partial charge in [-0.3, -0.25) is 4.90 Å². The van der Waals surface area contributed by atoms with E-state index in [-0.39, 0.29) is 5.75 Å². The third-order valence-corrected chi connectivity index (χ3v) is 5.84. The number of benzene rings is 2. The maximum Gasteiger partial charge on any atom is 0.169 e. The molecule has 5 heteroatoms. The molecule has 0 amide bonds. The highest BCUT2D eigenvalue weighted by Crippen LogP contribution is 2.56. The average molecular weight is 369 g/mol. The lowest BCUT2D eigenvalue weighted by Gasteiger charge is -2.42. The van der Waals surface area contributed by atoms with Gasteiger partial charge in [0, 0.05) is 23.7 Å². The molecule has 0 spiro atoms. The zero-order chi connectivity index (χ0) is 19.1. The van der Waals surface area contributed by atoms with Crippen molar-refractivity contribution in [3.8, 4) is 34.1 Å². The summed E-state index contributed by atoms with van der Waals surface area (Å²) in [7, 11) is 4.94. The second kappa shape index (κ2) is 6.97. The molecule has 0 radical (unpaired) electrons. The molecule has 5 nitrogen and oxygen atoms in total. The molecule has 1 aliphatic heterocycles. The Morgan fingerprint density at radius 3 is 2.48 bits per heavy atom. The summed E-state index contributed by atoms with van der Waals surface area (Å²) >= 11 is 0. The maximum atomic E-state index is 10.4. The van der Waals surface area contributed by atoms with Crippen LogP contribution in [0.3, 0.4) is 0 Å². The highest BCUT2D eigenvalue weighted by molar-refractivity contribution is 5.88. The summed E-state index contributed by atoms with van der Waals surface area (Å²) in [5.74, 6) is 2.10. The smallest absolute Gasteiger partial charge is 0.169 e. The quantitative estimate of drug-likeness (QED) is 0.865. The Morgan fingerprint density at radius 1 is 1.04 bits per heavy atom. The third kappa shape index (κ3) is 2.64. The van der Waals surface area contributed by atoms with Crippen molar-refractivity contribution < 1.29 is 19.3 Å². The van der Waals surface area contributed by atoms with E-state index in [0.717, 1.165) is 49.2 Å². The summed E-state index contributed by atoms with van der Waals surface area (Å²) in [6.45, 7) is 4.34. The molecule has 0 fully saturated rings. The van der Waals surface area contributed by atoms with Crippen LogP contribution in [0.1, 0.15) is 36.1 Å². The monoisotopic (exact) mass is 369 g/mol. The standard InChI is InChI=1S/C22H27NO4/c1-5-9-23-10-8-14-12-17(25-2)22(27-4)20-18(14)15(23)11-13-6-7-16(24)21(26-3)19(13)20/h6-7,12,15,24H,5,8-11H2,1-4H3/t15-/m0/s1. The molecule has 144 valence electrons. The highest BCUT2D eigenvalue weighted by atomic mass is 16.5. The fraction of sp³-hybridized carbons (Fsp3) is 0.455. The number of nitrogens with zero attached hydrogens (tertiary/aromatic N) is 1. The second-order valence-corrected chi connectivity index (χ2v) is 7.22. The molecule has 2 aromatic carbocycles. The normalized spacial score (nSPS) is 17.9. The molecule has 4 rings (SSSR count). The van der Waals surface area contributed by atoms with Gasteiger partial charge >= 0.3 is 0 Å². The van der Waals surface area contributed by atoms with Crippen molar-refractivity contribution in [2.24, 2.45) is 0 Å². The van der Waals surface area contributed by atoms with Gasteiger partial charge in [0.05, 0.1) is 21.3 Å². The number of hydrogen-bond donors (Lipinski definition) is 1. The lowest BCUT2D eigenvalue weighted by Crippen LogP contribution is -2.39. The van der Waals surface area contributed by atoms with E-state index in [4.69, 9.17) is 14.2 Å². The number of aromatic hydroxyl groups is 1. The molecule has 1 atom stereocenters. The molecule has 1 heterocycles. The van der Waals surface area contributed by atoms with Crippen LogP contribution in [0.15, 0.2) is 18.2 Å². The lowest BCUT2D eigenvalue weighted by atomic mass is 9.76. The Bertz CT molecular complexity index is 877. The van der Waals surface area contributed by atoms with Gasteiger partial charge in [-0.2, -0.15) is 0 Å². The fourth-order valence-corrected chi connectivity index (χ4v) is 4.76. The van der Waals surface area contributed by atoms with Crippen LogP contribution < -0.4 is 14.2 Å². The van der Waals surface area contributed by atoms with Crippen LogP contribution in [-0.2, 0) is 12.8 Å². The van der Waals surface area contributed by atoms with Gasteiger partial charge in [0.25, 0.3) is 0 Å². The average Bonchev–Trinajstić information content (AvgIpc) is 2.69. The van der Waals surface area contributed by atoms with Crippen LogP contribution in [0.4, 0.5) is 0 Å². The SMILES string of the molecule is CCCN1CCc2cc(OC)c(OC)c3c2[C@@H]1Cc1ccc(O)c(OC)c1-3. The van der Waals surface area contributed by atoms with Gasteiger partial charge in [-0.25, -0.2) is 0 Å². The number of methoxy groups -OCH3 is 3. The molecule has 0 saturated carbocycles. The van der Waals surface area contributed by atoms with Crippen LogP contribution in [0.25, 0.3) is 11.1 Å². The summed E-state index contributed by atoms with van der Waals surface area (Å²) in [5, 5.41) is 10.4. The predicted octanol–water partition coefficient (Wildman–Crippen LogP) is 3.95. The molecule has 2 aliphatic rings. The number of ether oxygens (including phenoxy) is 3. The Kier molecular flexibility index (Phi) is 4.64. The van der Waals surface area contributed by atoms with Crippen LogP contribution in [0, 0.1) is 0 Å². The number of hydrogen-bond acceptors (Lipinski definition) is 5. The van der Waals surface area contributed by atoms with Gasteiger partial charge in [-0.15, -0.1) is 0 Å². The van der Waals surface area contributed by atoms with Crippen LogP contribution >= 0.6 is 0 Å². The minimum absolute atomic E-state index is 0.148. The number of phenols is 1. The highest BCUT2D eigenvalue weighted by Gasteiger charge is 2.39. The van der Waals surface area contributed by atoms with E-state index in [1.54, 1.807) is 27.4 Å². The minimum Gasteiger partial charge on any atom is -0.504 e. The molecular formula is C22H27NO4. The summed E-state index contributed by atoms with van der Waals surface area (Å²) in [6, 6.07) is 6.16. The van der Waals surface area contributed by atoms with Gasteiger partial charge in [0.2, 0.25) is 0 Å². The van der Waals surface area contributed by atoms with Crippen LogP contribution in [-0.4, -0.2) is 44.4 Å². The van der Waals surface area contributed by atoms with Crippen molar-refractivity contribution in [2.45, 2.75) is 32.2 Å². The van der Waals surface area contributed by atoms with E-state index in [1.807, 2.05) is 6.07 Å². The number of fused-ring (bicyclic) bond motifs is 2. The van der Waals surface area contributed by atoms with E-state index in [9.17, 15) is 5.11 Å². The lowest BCUT2D eigenvalue weighted by molar-refractivity contribution is 0.182. The molecule has 1 N–H and O–H groups in total. The predicted molar refractivity (Wildman–Crippen MR) is 105 cm³/mol. The second-order valence-electron chi connectivity index (χ2n) is 7.22. The van der Waals surface area contributed by atoms with Crippen LogP contribution in [0.5, 0.6) is 23.0 Å². The molecule has 1 aliphatic carbocycles. The summed E-state index contributed by atoms with van der Waals surface area (Å²) in [5.41, 5.74) is 5.70. The van der Waals surface area contributed by atoms with E-state index >= 15 is 0 Å². The van der Waals surface area contributed by atoms with Crippen molar-refractivity contribution in [3.63, 3.8) is 0 Å². The summed E-state index contributed by atoms with van der Waals surface area (Å²) in [4.78, 5) is 2.57. The molecular weight excluding hydrogens is 342 g/mol. The first-order chi connectivity index (χ1) is 13.1. The zero-order valence-electron chi connectivity index (χ0n) is 16.5. The molecule has 0 unspecified atom stereocenters. The van der Waals surface area contributed by atoms with Crippen molar-refractivity contribution >= 4 is 0 Å².